The molecule has 1 aromatic heterocycles. The van der Waals surface area contributed by atoms with Crippen LogP contribution in [0.4, 0.5) is 0 Å². The van der Waals surface area contributed by atoms with Gasteiger partial charge in [-0.15, -0.1) is 0 Å². The van der Waals surface area contributed by atoms with Gasteiger partial charge in [0.1, 0.15) is 17.3 Å². The lowest BCUT2D eigenvalue weighted by molar-refractivity contribution is 0.257. The molecule has 1 aliphatic rings. The number of oxazole rings is 1. The molecule has 19 heavy (non-hydrogen) atoms. The van der Waals surface area contributed by atoms with Crippen molar-refractivity contribution >= 4 is 0 Å². The van der Waals surface area contributed by atoms with Crippen molar-refractivity contribution in [3.8, 4) is 11.5 Å². The van der Waals surface area contributed by atoms with E-state index in [1.807, 2.05) is 24.3 Å². The Bertz CT molecular complexity index is 525. The zero-order chi connectivity index (χ0) is 13.1. The summed E-state index contributed by atoms with van der Waals surface area (Å²) in [7, 11) is 1.64. The van der Waals surface area contributed by atoms with Gasteiger partial charge in [-0.05, 0) is 24.3 Å². The number of hydrogen-bond acceptors (Lipinski definition) is 5. The van der Waals surface area contributed by atoms with Crippen LogP contribution in [-0.2, 0) is 19.6 Å². The fourth-order valence-electron chi connectivity index (χ4n) is 2.06. The van der Waals surface area contributed by atoms with E-state index in [2.05, 4.69) is 10.3 Å². The molecule has 0 aliphatic carbocycles. The predicted molar refractivity (Wildman–Crippen MR) is 69.2 cm³/mol. The van der Waals surface area contributed by atoms with E-state index in [-0.39, 0.29) is 0 Å². The lowest BCUT2D eigenvalue weighted by atomic mass is 10.2. The highest BCUT2D eigenvalue weighted by molar-refractivity contribution is 5.31. The number of nitrogens with one attached hydrogen (secondary N) is 1. The molecule has 2 heterocycles. The fraction of sp³-hybridized carbons (Fsp3) is 0.357. The number of benzene rings is 1. The SMILES string of the molecule is COc1ccc(OCc2nc3c(o2)CNCC3)cc1. The molecule has 1 N–H and O–H groups in total. The van der Waals surface area contributed by atoms with Gasteiger partial charge in [-0.2, -0.15) is 0 Å². The molecule has 1 aliphatic heterocycles. The standard InChI is InChI=1S/C14H16N2O3/c1-17-10-2-4-11(5-3-10)18-9-14-16-12-6-7-15-8-13(12)19-14/h2-5,15H,6-9H2,1H3. The largest absolute Gasteiger partial charge is 0.497 e. The first-order chi connectivity index (χ1) is 9.35. The molecule has 0 spiro atoms. The van der Waals surface area contributed by atoms with Gasteiger partial charge >= 0.3 is 0 Å². The average Bonchev–Trinajstić information content (AvgIpc) is 2.88. The number of nitrogens with zero attached hydrogens (tertiary/aromatic N) is 1. The van der Waals surface area contributed by atoms with Gasteiger partial charge < -0.3 is 19.2 Å². The third-order valence-electron chi connectivity index (χ3n) is 3.07. The second-order valence-electron chi connectivity index (χ2n) is 4.37. The smallest absolute Gasteiger partial charge is 0.232 e. The predicted octanol–water partition coefficient (Wildman–Crippen LogP) is 1.91. The summed E-state index contributed by atoms with van der Waals surface area (Å²) >= 11 is 0. The Hall–Kier alpha value is -2.01. The van der Waals surface area contributed by atoms with E-state index in [0.29, 0.717) is 12.5 Å². The summed E-state index contributed by atoms with van der Waals surface area (Å²) < 4.78 is 16.4. The molecule has 100 valence electrons. The fourth-order valence-corrected chi connectivity index (χ4v) is 2.06. The summed E-state index contributed by atoms with van der Waals surface area (Å²) in [4.78, 5) is 4.44. The van der Waals surface area contributed by atoms with Gasteiger partial charge in [-0.25, -0.2) is 4.98 Å². The molecule has 5 nitrogen and oxygen atoms in total. The summed E-state index contributed by atoms with van der Waals surface area (Å²) in [5, 5.41) is 3.25. The highest BCUT2D eigenvalue weighted by Gasteiger charge is 2.16. The first kappa shape index (κ1) is 12.0. The van der Waals surface area contributed by atoms with Gasteiger partial charge in [0.25, 0.3) is 0 Å². The quantitative estimate of drug-likeness (QED) is 0.910. The average molecular weight is 260 g/mol. The number of hydrogen-bond donors (Lipinski definition) is 1. The number of ether oxygens (including phenoxy) is 2. The van der Waals surface area contributed by atoms with E-state index in [0.717, 1.165) is 42.5 Å². The molecule has 0 atom stereocenters. The summed E-state index contributed by atoms with van der Waals surface area (Å²) in [5.74, 6) is 3.14. The summed E-state index contributed by atoms with van der Waals surface area (Å²) in [6.45, 7) is 2.06. The monoisotopic (exact) mass is 260 g/mol. The molecule has 0 fully saturated rings. The minimum Gasteiger partial charge on any atom is -0.497 e. The highest BCUT2D eigenvalue weighted by Crippen LogP contribution is 2.19. The zero-order valence-electron chi connectivity index (χ0n) is 10.8. The van der Waals surface area contributed by atoms with E-state index < -0.39 is 0 Å². The molecule has 0 unspecified atom stereocenters. The van der Waals surface area contributed by atoms with Crippen molar-refractivity contribution in [3.05, 3.63) is 41.6 Å². The molecule has 3 rings (SSSR count). The molecule has 2 aromatic rings. The van der Waals surface area contributed by atoms with Crippen molar-refractivity contribution in [2.24, 2.45) is 0 Å². The van der Waals surface area contributed by atoms with Crippen molar-refractivity contribution in [1.29, 1.82) is 0 Å². The first-order valence-corrected chi connectivity index (χ1v) is 6.30. The maximum absolute atomic E-state index is 5.65. The lowest BCUT2D eigenvalue weighted by Gasteiger charge is -2.08. The Morgan fingerprint density at radius 3 is 2.79 bits per heavy atom. The molecule has 5 heteroatoms. The third kappa shape index (κ3) is 2.71. The minimum absolute atomic E-state index is 0.347. The molecule has 1 aromatic carbocycles. The third-order valence-corrected chi connectivity index (χ3v) is 3.07. The van der Waals surface area contributed by atoms with Gasteiger partial charge in [0, 0.05) is 13.0 Å². The van der Waals surface area contributed by atoms with Crippen molar-refractivity contribution in [1.82, 2.24) is 10.3 Å². The number of fused-ring (bicyclic) bond motifs is 1. The molecule has 0 bridgehead atoms. The Kier molecular flexibility index (Phi) is 3.37. The molecule has 0 amide bonds. The first-order valence-electron chi connectivity index (χ1n) is 6.30. The molecule has 0 saturated carbocycles. The lowest BCUT2D eigenvalue weighted by Crippen LogP contribution is -2.22. The molecule has 0 radical (unpaired) electrons. The van der Waals surface area contributed by atoms with E-state index in [1.165, 1.54) is 0 Å². The van der Waals surface area contributed by atoms with Gasteiger partial charge in [0.05, 0.1) is 19.3 Å². The molecular formula is C14H16N2O3. The van der Waals surface area contributed by atoms with Crippen LogP contribution in [-0.4, -0.2) is 18.6 Å². The number of methoxy groups -OCH3 is 1. The maximum Gasteiger partial charge on any atom is 0.232 e. The Labute approximate surface area is 111 Å². The van der Waals surface area contributed by atoms with Crippen molar-refractivity contribution in [2.45, 2.75) is 19.6 Å². The van der Waals surface area contributed by atoms with Crippen LogP contribution in [0.2, 0.25) is 0 Å². The van der Waals surface area contributed by atoms with Crippen LogP contribution in [0.25, 0.3) is 0 Å². The van der Waals surface area contributed by atoms with E-state index in [1.54, 1.807) is 7.11 Å². The number of aromatic nitrogens is 1. The summed E-state index contributed by atoms with van der Waals surface area (Å²) in [6, 6.07) is 7.45. The molecular weight excluding hydrogens is 244 g/mol. The van der Waals surface area contributed by atoms with Crippen LogP contribution >= 0.6 is 0 Å². The molecule has 0 saturated heterocycles. The topological polar surface area (TPSA) is 56.5 Å². The maximum atomic E-state index is 5.65. The van der Waals surface area contributed by atoms with Crippen LogP contribution in [0.3, 0.4) is 0 Å². The van der Waals surface area contributed by atoms with Crippen molar-refractivity contribution < 1.29 is 13.9 Å². The zero-order valence-corrected chi connectivity index (χ0v) is 10.8. The minimum atomic E-state index is 0.347. The van der Waals surface area contributed by atoms with E-state index >= 15 is 0 Å². The van der Waals surface area contributed by atoms with Gasteiger partial charge in [-0.1, -0.05) is 0 Å². The normalized spacial score (nSPS) is 13.9. The van der Waals surface area contributed by atoms with Crippen LogP contribution in [0.1, 0.15) is 17.3 Å². The van der Waals surface area contributed by atoms with Gasteiger partial charge in [0.15, 0.2) is 6.61 Å². The Morgan fingerprint density at radius 1 is 1.26 bits per heavy atom. The number of rotatable bonds is 4. The van der Waals surface area contributed by atoms with Crippen LogP contribution in [0.15, 0.2) is 28.7 Å². The van der Waals surface area contributed by atoms with Crippen LogP contribution in [0.5, 0.6) is 11.5 Å². The van der Waals surface area contributed by atoms with Gasteiger partial charge in [0.2, 0.25) is 5.89 Å². The van der Waals surface area contributed by atoms with Gasteiger partial charge in [-0.3, -0.25) is 0 Å². The highest BCUT2D eigenvalue weighted by atomic mass is 16.5. The van der Waals surface area contributed by atoms with Crippen LogP contribution in [0, 0.1) is 0 Å². The Morgan fingerprint density at radius 2 is 2.05 bits per heavy atom. The second kappa shape index (κ2) is 5.32. The van der Waals surface area contributed by atoms with Crippen molar-refractivity contribution in [3.63, 3.8) is 0 Å². The van der Waals surface area contributed by atoms with Crippen LogP contribution < -0.4 is 14.8 Å². The summed E-state index contributed by atoms with van der Waals surface area (Å²) in [6.07, 6.45) is 0.918. The Balaban J connectivity index is 1.63. The van der Waals surface area contributed by atoms with E-state index in [4.69, 9.17) is 13.9 Å². The summed E-state index contributed by atoms with van der Waals surface area (Å²) in [5.41, 5.74) is 1.05. The van der Waals surface area contributed by atoms with Crippen molar-refractivity contribution in [2.75, 3.05) is 13.7 Å². The second-order valence-corrected chi connectivity index (χ2v) is 4.37. The van der Waals surface area contributed by atoms with E-state index in [9.17, 15) is 0 Å².